The molecule has 3 N–H and O–H groups in total. The van der Waals surface area contributed by atoms with Crippen LogP contribution in [0.4, 0.5) is 5.69 Å². The number of hydrogen-bond donors (Lipinski definition) is 3. The molecule has 2 heterocycles. The minimum atomic E-state index is -3.97. The van der Waals surface area contributed by atoms with Crippen LogP contribution in [-0.4, -0.2) is 45.6 Å². The van der Waals surface area contributed by atoms with Crippen LogP contribution in [0.15, 0.2) is 47.6 Å². The number of methoxy groups -OCH3 is 1. The van der Waals surface area contributed by atoms with Gasteiger partial charge in [-0.2, -0.15) is 0 Å². The zero-order valence-corrected chi connectivity index (χ0v) is 16.5. The molecule has 1 fully saturated rings. The highest BCUT2D eigenvalue weighted by Crippen LogP contribution is 2.22. The lowest BCUT2D eigenvalue weighted by molar-refractivity contribution is 0.0949. The third-order valence-corrected chi connectivity index (χ3v) is 6.00. The second-order valence-electron chi connectivity index (χ2n) is 6.55. The minimum absolute atomic E-state index is 0.0886. The molecule has 0 aliphatic carbocycles. The minimum Gasteiger partial charge on any atom is -0.495 e. The van der Waals surface area contributed by atoms with Crippen molar-refractivity contribution in [1.29, 1.82) is 0 Å². The number of amides is 1. The summed E-state index contributed by atoms with van der Waals surface area (Å²) in [6, 6.07) is 8.05. The lowest BCUT2D eigenvalue weighted by atomic mass is 10.1. The largest absolute Gasteiger partial charge is 0.495 e. The summed E-state index contributed by atoms with van der Waals surface area (Å²) in [7, 11) is -2.51. The maximum atomic E-state index is 12.8. The summed E-state index contributed by atoms with van der Waals surface area (Å²) in [4.78, 5) is 16.4. The topological polar surface area (TPSA) is 109 Å². The van der Waals surface area contributed by atoms with E-state index in [1.807, 2.05) is 0 Å². The highest BCUT2D eigenvalue weighted by atomic mass is 32.2. The quantitative estimate of drug-likeness (QED) is 0.619. The fraction of sp³-hybridized carbons (Fsp3) is 0.368. The molecule has 1 unspecified atom stereocenters. The fourth-order valence-electron chi connectivity index (χ4n) is 3.14. The Hall–Kier alpha value is -2.65. The number of aromatic nitrogens is 1. The van der Waals surface area contributed by atoms with Crippen LogP contribution < -0.4 is 20.1 Å². The van der Waals surface area contributed by atoms with Crippen LogP contribution in [0.25, 0.3) is 0 Å². The van der Waals surface area contributed by atoms with Crippen LogP contribution in [-0.2, 0) is 10.0 Å². The molecule has 28 heavy (non-hydrogen) atoms. The van der Waals surface area contributed by atoms with E-state index in [1.54, 1.807) is 12.1 Å². The van der Waals surface area contributed by atoms with Gasteiger partial charge in [0, 0.05) is 18.7 Å². The number of nitrogens with zero attached hydrogens (tertiary/aromatic N) is 1. The Labute approximate surface area is 164 Å². The van der Waals surface area contributed by atoms with Crippen LogP contribution in [0, 0.1) is 0 Å². The number of benzene rings is 1. The SMILES string of the molecule is COc1cncc(NS(=O)(=O)c2ccccc2C(=O)NCCC2CCCN2)c1. The second-order valence-corrected chi connectivity index (χ2v) is 8.20. The fourth-order valence-corrected chi connectivity index (χ4v) is 4.38. The Morgan fingerprint density at radius 1 is 1.32 bits per heavy atom. The van der Waals surface area contributed by atoms with Crippen molar-refractivity contribution in [2.45, 2.75) is 30.2 Å². The molecule has 3 rings (SSSR count). The normalized spacial score (nSPS) is 16.5. The molecule has 1 aliphatic heterocycles. The van der Waals surface area contributed by atoms with Crippen molar-refractivity contribution < 1.29 is 17.9 Å². The zero-order chi connectivity index (χ0) is 20.0. The average molecular weight is 404 g/mol. The van der Waals surface area contributed by atoms with Gasteiger partial charge in [-0.25, -0.2) is 8.42 Å². The van der Waals surface area contributed by atoms with Gasteiger partial charge in [-0.1, -0.05) is 12.1 Å². The molecular formula is C19H24N4O4S. The van der Waals surface area contributed by atoms with Gasteiger partial charge in [-0.05, 0) is 37.9 Å². The summed E-state index contributed by atoms with van der Waals surface area (Å²) in [5.41, 5.74) is 0.354. The van der Waals surface area contributed by atoms with Gasteiger partial charge < -0.3 is 15.4 Å². The lowest BCUT2D eigenvalue weighted by Gasteiger charge is -2.14. The first-order chi connectivity index (χ1) is 13.5. The molecule has 1 aromatic carbocycles. The molecule has 8 nitrogen and oxygen atoms in total. The maximum absolute atomic E-state index is 12.8. The van der Waals surface area contributed by atoms with E-state index in [1.165, 1.54) is 37.7 Å². The van der Waals surface area contributed by atoms with Crippen LogP contribution in [0.1, 0.15) is 29.6 Å². The summed E-state index contributed by atoms with van der Waals surface area (Å²) >= 11 is 0. The Kier molecular flexibility index (Phi) is 6.48. The Morgan fingerprint density at radius 2 is 2.14 bits per heavy atom. The average Bonchev–Trinajstić information content (AvgIpc) is 3.21. The monoisotopic (exact) mass is 404 g/mol. The molecule has 1 aliphatic rings. The Balaban J connectivity index is 1.73. The molecule has 1 amide bonds. The number of anilines is 1. The van der Waals surface area contributed by atoms with Crippen molar-refractivity contribution >= 4 is 21.6 Å². The number of pyridine rings is 1. The number of sulfonamides is 1. The standard InChI is InChI=1S/C19H24N4O4S/c1-27-16-11-15(12-20-13-16)23-28(25,26)18-7-3-2-6-17(18)19(24)22-10-8-14-5-4-9-21-14/h2-3,6-7,11-14,21,23H,4-5,8-10H2,1H3,(H,22,24). The zero-order valence-electron chi connectivity index (χ0n) is 15.6. The van der Waals surface area contributed by atoms with E-state index in [-0.39, 0.29) is 16.1 Å². The first-order valence-electron chi connectivity index (χ1n) is 9.12. The van der Waals surface area contributed by atoms with Gasteiger partial charge in [-0.3, -0.25) is 14.5 Å². The summed E-state index contributed by atoms with van der Waals surface area (Å²) in [5.74, 6) is 0.00879. The Bertz CT molecular complexity index is 927. The van der Waals surface area contributed by atoms with E-state index < -0.39 is 15.9 Å². The van der Waals surface area contributed by atoms with E-state index in [0.29, 0.717) is 18.3 Å². The van der Waals surface area contributed by atoms with Gasteiger partial charge in [0.2, 0.25) is 0 Å². The highest BCUT2D eigenvalue weighted by Gasteiger charge is 2.23. The molecule has 9 heteroatoms. The number of hydrogen-bond acceptors (Lipinski definition) is 6. The molecule has 1 saturated heterocycles. The molecule has 0 radical (unpaired) electrons. The number of carbonyl (C=O) groups excluding carboxylic acids is 1. The predicted octanol–water partition coefficient (Wildman–Crippen LogP) is 1.76. The third kappa shape index (κ3) is 4.99. The molecule has 1 aromatic heterocycles. The molecular weight excluding hydrogens is 380 g/mol. The van der Waals surface area contributed by atoms with E-state index in [9.17, 15) is 13.2 Å². The molecule has 0 spiro atoms. The van der Waals surface area contributed by atoms with Gasteiger partial charge in [0.25, 0.3) is 15.9 Å². The maximum Gasteiger partial charge on any atom is 0.262 e. The van der Waals surface area contributed by atoms with E-state index in [2.05, 4.69) is 20.3 Å². The third-order valence-electron chi connectivity index (χ3n) is 4.56. The highest BCUT2D eigenvalue weighted by molar-refractivity contribution is 7.92. The van der Waals surface area contributed by atoms with Crippen molar-refractivity contribution in [3.8, 4) is 5.75 Å². The number of nitrogens with one attached hydrogen (secondary N) is 3. The van der Waals surface area contributed by atoms with Gasteiger partial charge in [0.15, 0.2) is 0 Å². The summed E-state index contributed by atoms with van der Waals surface area (Å²) in [5, 5.41) is 6.19. The van der Waals surface area contributed by atoms with Crippen molar-refractivity contribution in [3.05, 3.63) is 48.3 Å². The molecule has 0 bridgehead atoms. The molecule has 0 saturated carbocycles. The first kappa shape index (κ1) is 20.1. The van der Waals surface area contributed by atoms with Crippen molar-refractivity contribution in [2.75, 3.05) is 24.9 Å². The molecule has 150 valence electrons. The van der Waals surface area contributed by atoms with Gasteiger partial charge in [0.05, 0.1) is 30.8 Å². The van der Waals surface area contributed by atoms with Crippen LogP contribution >= 0.6 is 0 Å². The van der Waals surface area contributed by atoms with E-state index in [0.717, 1.165) is 25.8 Å². The predicted molar refractivity (Wildman–Crippen MR) is 106 cm³/mol. The number of ether oxygens (including phenoxy) is 1. The van der Waals surface area contributed by atoms with Crippen molar-refractivity contribution in [2.24, 2.45) is 0 Å². The van der Waals surface area contributed by atoms with Crippen LogP contribution in [0.5, 0.6) is 5.75 Å². The number of rotatable bonds is 8. The smallest absolute Gasteiger partial charge is 0.262 e. The van der Waals surface area contributed by atoms with Crippen LogP contribution in [0.2, 0.25) is 0 Å². The van der Waals surface area contributed by atoms with Crippen LogP contribution in [0.3, 0.4) is 0 Å². The summed E-state index contributed by atoms with van der Waals surface area (Å²) in [6.07, 6.45) is 5.90. The molecule has 2 aromatic rings. The lowest BCUT2D eigenvalue weighted by Crippen LogP contribution is -2.31. The van der Waals surface area contributed by atoms with Gasteiger partial charge >= 0.3 is 0 Å². The van der Waals surface area contributed by atoms with Crippen molar-refractivity contribution in [3.63, 3.8) is 0 Å². The van der Waals surface area contributed by atoms with Crippen molar-refractivity contribution in [1.82, 2.24) is 15.6 Å². The number of carbonyl (C=O) groups is 1. The first-order valence-corrected chi connectivity index (χ1v) is 10.6. The summed E-state index contributed by atoms with van der Waals surface area (Å²) < 4.78 is 33.2. The van der Waals surface area contributed by atoms with Gasteiger partial charge in [-0.15, -0.1) is 0 Å². The van der Waals surface area contributed by atoms with Gasteiger partial charge in [0.1, 0.15) is 10.6 Å². The summed E-state index contributed by atoms with van der Waals surface area (Å²) in [6.45, 7) is 1.49. The van der Waals surface area contributed by atoms with E-state index >= 15 is 0 Å². The Morgan fingerprint density at radius 3 is 2.89 bits per heavy atom. The second kappa shape index (κ2) is 9.03. The van der Waals surface area contributed by atoms with E-state index in [4.69, 9.17) is 4.74 Å². The molecule has 1 atom stereocenters.